The number of nitrogens with one attached hydrogen (secondary N) is 1. The Morgan fingerprint density at radius 1 is 1.24 bits per heavy atom. The smallest absolute Gasteiger partial charge is 0.312 e. The largest absolute Gasteiger partial charge is 0.393 e. The molecule has 2 saturated carbocycles. The zero-order valence-corrected chi connectivity index (χ0v) is 11.0. The summed E-state index contributed by atoms with van der Waals surface area (Å²) in [6.07, 6.45) is 2.93. The summed E-state index contributed by atoms with van der Waals surface area (Å²) >= 11 is 1.79. The van der Waals surface area contributed by atoms with Gasteiger partial charge in [0.25, 0.3) is 0 Å². The fourth-order valence-corrected chi connectivity index (χ4v) is 3.41. The molecule has 2 aliphatic carbocycles. The predicted molar refractivity (Wildman–Crippen MR) is 65.3 cm³/mol. The van der Waals surface area contributed by atoms with Crippen molar-refractivity contribution >= 4 is 11.8 Å². The van der Waals surface area contributed by atoms with E-state index in [0.29, 0.717) is 12.8 Å². The molecule has 0 heterocycles. The molecule has 2 rings (SSSR count). The van der Waals surface area contributed by atoms with Crippen molar-refractivity contribution in [1.82, 2.24) is 5.32 Å². The molecule has 2 atom stereocenters. The molecule has 1 N–H and O–H groups in total. The van der Waals surface area contributed by atoms with Crippen molar-refractivity contribution in [3.05, 3.63) is 0 Å². The average Bonchev–Trinajstić information content (AvgIpc) is 3.06. The van der Waals surface area contributed by atoms with E-state index in [9.17, 15) is 13.2 Å². The highest BCUT2D eigenvalue weighted by molar-refractivity contribution is 8.00. The van der Waals surface area contributed by atoms with Crippen LogP contribution in [0.3, 0.4) is 0 Å². The zero-order valence-electron chi connectivity index (χ0n) is 10.1. The summed E-state index contributed by atoms with van der Waals surface area (Å²) < 4.78 is 38.8. The monoisotopic (exact) mass is 267 g/mol. The van der Waals surface area contributed by atoms with E-state index in [1.54, 1.807) is 11.8 Å². The predicted octanol–water partition coefficient (Wildman–Crippen LogP) is 3.59. The standard InChI is InChI=1S/C12H20F3NS/c1-17-11(6-7-11)8-16-10-5-3-2-4-9(10)12(13,14)15/h9-10,16H,2-8H2,1H3. The zero-order chi connectivity index (χ0) is 12.5. The number of thioether (sulfide) groups is 1. The summed E-state index contributed by atoms with van der Waals surface area (Å²) in [5.74, 6) is -1.13. The molecule has 0 radical (unpaired) electrons. The first-order valence-electron chi connectivity index (χ1n) is 6.32. The topological polar surface area (TPSA) is 12.0 Å². The number of hydrogen-bond acceptors (Lipinski definition) is 2. The molecular formula is C12H20F3NS. The average molecular weight is 267 g/mol. The highest BCUT2D eigenvalue weighted by Gasteiger charge is 2.47. The summed E-state index contributed by atoms with van der Waals surface area (Å²) in [5, 5.41) is 3.19. The third kappa shape index (κ3) is 3.31. The Morgan fingerprint density at radius 2 is 1.88 bits per heavy atom. The SMILES string of the molecule is CSC1(CNC2CCCCC2C(F)(F)F)CC1. The number of halogens is 3. The minimum absolute atomic E-state index is 0.244. The van der Waals surface area contributed by atoms with E-state index in [1.807, 2.05) is 0 Å². The molecule has 2 fully saturated rings. The van der Waals surface area contributed by atoms with E-state index in [0.717, 1.165) is 32.2 Å². The van der Waals surface area contributed by atoms with Crippen LogP contribution in [0.1, 0.15) is 38.5 Å². The van der Waals surface area contributed by atoms with Gasteiger partial charge in [0, 0.05) is 17.3 Å². The van der Waals surface area contributed by atoms with Crippen molar-refractivity contribution in [1.29, 1.82) is 0 Å². The molecule has 5 heteroatoms. The second-order valence-electron chi connectivity index (χ2n) is 5.31. The molecule has 2 unspecified atom stereocenters. The molecule has 0 aromatic carbocycles. The van der Waals surface area contributed by atoms with Gasteiger partial charge in [0.1, 0.15) is 0 Å². The van der Waals surface area contributed by atoms with Crippen LogP contribution >= 0.6 is 11.8 Å². The Morgan fingerprint density at radius 3 is 2.41 bits per heavy atom. The van der Waals surface area contributed by atoms with Gasteiger partial charge in [-0.15, -0.1) is 0 Å². The van der Waals surface area contributed by atoms with Gasteiger partial charge in [0.15, 0.2) is 0 Å². The number of rotatable bonds is 4. The van der Waals surface area contributed by atoms with Gasteiger partial charge >= 0.3 is 6.18 Å². The molecule has 0 bridgehead atoms. The molecular weight excluding hydrogens is 247 g/mol. The molecule has 0 aromatic heterocycles. The Kier molecular flexibility index (Phi) is 3.98. The van der Waals surface area contributed by atoms with Gasteiger partial charge in [0.05, 0.1) is 5.92 Å². The van der Waals surface area contributed by atoms with Crippen LogP contribution in [0.2, 0.25) is 0 Å². The molecule has 0 spiro atoms. The summed E-state index contributed by atoms with van der Waals surface area (Å²) in [6, 6.07) is -0.353. The van der Waals surface area contributed by atoms with Crippen molar-refractivity contribution < 1.29 is 13.2 Å². The minimum Gasteiger partial charge on any atom is -0.312 e. The first-order chi connectivity index (χ1) is 7.97. The van der Waals surface area contributed by atoms with E-state index in [-0.39, 0.29) is 10.8 Å². The van der Waals surface area contributed by atoms with Crippen LogP contribution in [0.25, 0.3) is 0 Å². The Balaban J connectivity index is 1.88. The fourth-order valence-electron chi connectivity index (χ4n) is 2.68. The lowest BCUT2D eigenvalue weighted by atomic mass is 9.84. The molecule has 0 aromatic rings. The summed E-state index contributed by atoms with van der Waals surface area (Å²) in [6.45, 7) is 0.741. The Labute approximate surface area is 105 Å². The fraction of sp³-hybridized carbons (Fsp3) is 1.00. The van der Waals surface area contributed by atoms with Crippen LogP contribution < -0.4 is 5.32 Å². The first kappa shape index (κ1) is 13.5. The van der Waals surface area contributed by atoms with Gasteiger partial charge in [-0.3, -0.25) is 0 Å². The van der Waals surface area contributed by atoms with Crippen molar-refractivity contribution in [3.63, 3.8) is 0 Å². The maximum Gasteiger partial charge on any atom is 0.393 e. The van der Waals surface area contributed by atoms with Gasteiger partial charge in [-0.05, 0) is 31.9 Å². The normalized spacial score (nSPS) is 32.5. The van der Waals surface area contributed by atoms with E-state index in [1.165, 1.54) is 0 Å². The Bertz CT molecular complexity index is 263. The van der Waals surface area contributed by atoms with Gasteiger partial charge in [-0.25, -0.2) is 0 Å². The lowest BCUT2D eigenvalue weighted by Crippen LogP contribution is -2.47. The van der Waals surface area contributed by atoms with Crippen LogP contribution in [-0.2, 0) is 0 Å². The summed E-state index contributed by atoms with van der Waals surface area (Å²) in [7, 11) is 0. The lowest BCUT2D eigenvalue weighted by Gasteiger charge is -2.34. The van der Waals surface area contributed by atoms with E-state index in [2.05, 4.69) is 11.6 Å². The molecule has 0 aliphatic heterocycles. The molecule has 100 valence electrons. The van der Waals surface area contributed by atoms with E-state index < -0.39 is 12.1 Å². The van der Waals surface area contributed by atoms with Crippen molar-refractivity contribution in [3.8, 4) is 0 Å². The van der Waals surface area contributed by atoms with Crippen LogP contribution in [-0.4, -0.2) is 29.8 Å². The third-order valence-electron chi connectivity index (χ3n) is 4.11. The quantitative estimate of drug-likeness (QED) is 0.835. The lowest BCUT2D eigenvalue weighted by molar-refractivity contribution is -0.188. The van der Waals surface area contributed by atoms with Crippen LogP contribution in [0, 0.1) is 5.92 Å². The van der Waals surface area contributed by atoms with E-state index in [4.69, 9.17) is 0 Å². The van der Waals surface area contributed by atoms with Crippen LogP contribution in [0.4, 0.5) is 13.2 Å². The second kappa shape index (κ2) is 5.00. The minimum atomic E-state index is -4.03. The Hall–Kier alpha value is 0.100. The molecule has 0 saturated heterocycles. The van der Waals surface area contributed by atoms with E-state index >= 15 is 0 Å². The highest BCUT2D eigenvalue weighted by Crippen LogP contribution is 2.47. The molecule has 2 aliphatic rings. The number of hydrogen-bond donors (Lipinski definition) is 1. The van der Waals surface area contributed by atoms with Crippen LogP contribution in [0.5, 0.6) is 0 Å². The maximum absolute atomic E-state index is 12.9. The first-order valence-corrected chi connectivity index (χ1v) is 7.55. The molecule has 1 nitrogen and oxygen atoms in total. The van der Waals surface area contributed by atoms with Gasteiger partial charge < -0.3 is 5.32 Å². The number of alkyl halides is 3. The van der Waals surface area contributed by atoms with Gasteiger partial charge in [-0.1, -0.05) is 12.8 Å². The second-order valence-corrected chi connectivity index (χ2v) is 6.58. The summed E-state index contributed by atoms with van der Waals surface area (Å²) in [5.41, 5.74) is 0. The van der Waals surface area contributed by atoms with Crippen molar-refractivity contribution in [2.24, 2.45) is 5.92 Å². The molecule has 0 amide bonds. The summed E-state index contributed by atoms with van der Waals surface area (Å²) in [4.78, 5) is 0. The maximum atomic E-state index is 12.9. The highest BCUT2D eigenvalue weighted by atomic mass is 32.2. The third-order valence-corrected chi connectivity index (χ3v) is 5.53. The van der Waals surface area contributed by atoms with Crippen LogP contribution in [0.15, 0.2) is 0 Å². The molecule has 17 heavy (non-hydrogen) atoms. The van der Waals surface area contributed by atoms with Gasteiger partial charge in [-0.2, -0.15) is 24.9 Å². The van der Waals surface area contributed by atoms with Crippen molar-refractivity contribution in [2.45, 2.75) is 55.5 Å². The van der Waals surface area contributed by atoms with Crippen molar-refractivity contribution in [2.75, 3.05) is 12.8 Å². The van der Waals surface area contributed by atoms with Gasteiger partial charge in [0.2, 0.25) is 0 Å².